The van der Waals surface area contributed by atoms with Crippen molar-refractivity contribution in [2.45, 2.75) is 0 Å². The molecule has 0 saturated carbocycles. The van der Waals surface area contributed by atoms with E-state index in [2.05, 4.69) is 228 Å². The fourth-order valence-corrected chi connectivity index (χ4v) is 9.26. The molecule has 0 aliphatic heterocycles. The third-order valence-corrected chi connectivity index (χ3v) is 12.2. The molecule has 0 amide bonds. The van der Waals surface area contributed by atoms with Gasteiger partial charge in [-0.15, -0.1) is 0 Å². The van der Waals surface area contributed by atoms with E-state index in [9.17, 15) is 0 Å². The highest BCUT2D eigenvalue weighted by atomic mass is 16.3. The summed E-state index contributed by atoms with van der Waals surface area (Å²) in [6.07, 6.45) is 0. The number of furan rings is 1. The fourth-order valence-electron chi connectivity index (χ4n) is 9.26. The maximum Gasteiger partial charge on any atom is 0.135 e. The number of hydrogen-bond acceptors (Lipinski definition) is 2. The van der Waals surface area contributed by atoms with Crippen molar-refractivity contribution >= 4 is 71.6 Å². The summed E-state index contributed by atoms with van der Waals surface area (Å²) in [7, 11) is 0. The van der Waals surface area contributed by atoms with Gasteiger partial charge in [-0.05, 0) is 100 Å². The molecule has 0 N–H and O–H groups in total. The van der Waals surface area contributed by atoms with E-state index in [0.29, 0.717) is 0 Å². The van der Waals surface area contributed by atoms with Crippen LogP contribution in [0, 0.1) is 0 Å². The molecule has 0 spiro atoms. The highest BCUT2D eigenvalue weighted by molar-refractivity contribution is 6.12. The van der Waals surface area contributed by atoms with Crippen LogP contribution in [-0.2, 0) is 0 Å². The van der Waals surface area contributed by atoms with Crippen LogP contribution >= 0.6 is 0 Å². The maximum absolute atomic E-state index is 6.15. The van der Waals surface area contributed by atoms with Gasteiger partial charge in [0.1, 0.15) is 11.2 Å². The van der Waals surface area contributed by atoms with Crippen molar-refractivity contribution in [3.05, 3.63) is 231 Å². The van der Waals surface area contributed by atoms with Crippen molar-refractivity contribution in [1.82, 2.24) is 4.57 Å². The van der Waals surface area contributed by atoms with Crippen molar-refractivity contribution in [2.75, 3.05) is 4.90 Å². The minimum atomic E-state index is 0.902. The first-order valence-corrected chi connectivity index (χ1v) is 20.8. The lowest BCUT2D eigenvalue weighted by Crippen LogP contribution is -2.11. The molecule has 0 unspecified atom stereocenters. The predicted molar refractivity (Wildman–Crippen MR) is 257 cm³/mol. The summed E-state index contributed by atoms with van der Waals surface area (Å²) >= 11 is 0. The van der Waals surface area contributed by atoms with E-state index in [1.54, 1.807) is 0 Å². The van der Waals surface area contributed by atoms with Gasteiger partial charge in [0.15, 0.2) is 0 Å². The summed E-state index contributed by atoms with van der Waals surface area (Å²) < 4.78 is 8.58. The molecule has 61 heavy (non-hydrogen) atoms. The molecule has 0 bridgehead atoms. The number of benzene rings is 10. The number of aromatic nitrogens is 1. The zero-order valence-electron chi connectivity index (χ0n) is 33.2. The molecule has 0 saturated heterocycles. The van der Waals surface area contributed by atoms with E-state index in [-0.39, 0.29) is 0 Å². The number of rotatable bonds is 7. The normalized spacial score (nSPS) is 11.6. The third-order valence-electron chi connectivity index (χ3n) is 12.2. The molecule has 286 valence electrons. The van der Waals surface area contributed by atoms with Crippen LogP contribution in [0.15, 0.2) is 235 Å². The molecular formula is C58H38N2O. The highest BCUT2D eigenvalue weighted by Crippen LogP contribution is 2.44. The zero-order chi connectivity index (χ0) is 40.3. The van der Waals surface area contributed by atoms with Crippen LogP contribution in [0.25, 0.3) is 93.6 Å². The molecular weight excluding hydrogens is 741 g/mol. The molecule has 2 aromatic heterocycles. The van der Waals surface area contributed by atoms with Gasteiger partial charge in [-0.25, -0.2) is 0 Å². The molecule has 0 aliphatic carbocycles. The Morgan fingerprint density at radius 3 is 1.36 bits per heavy atom. The lowest BCUT2D eigenvalue weighted by atomic mass is 9.99. The Kier molecular flexibility index (Phi) is 8.17. The van der Waals surface area contributed by atoms with Crippen LogP contribution in [0.2, 0.25) is 0 Å². The van der Waals surface area contributed by atoms with Gasteiger partial charge in [0, 0.05) is 43.7 Å². The quantitative estimate of drug-likeness (QED) is 0.161. The first kappa shape index (κ1) is 34.9. The molecule has 0 radical (unpaired) electrons. The third kappa shape index (κ3) is 5.90. The Labute approximate surface area is 353 Å². The average Bonchev–Trinajstić information content (AvgIpc) is 3.88. The van der Waals surface area contributed by atoms with Gasteiger partial charge in [0.25, 0.3) is 0 Å². The molecule has 0 fully saturated rings. The lowest BCUT2D eigenvalue weighted by Gasteiger charge is -2.28. The van der Waals surface area contributed by atoms with E-state index in [1.165, 1.54) is 54.8 Å². The van der Waals surface area contributed by atoms with Crippen molar-refractivity contribution < 1.29 is 4.42 Å². The average molecular weight is 779 g/mol. The van der Waals surface area contributed by atoms with Gasteiger partial charge >= 0.3 is 0 Å². The van der Waals surface area contributed by atoms with E-state index >= 15 is 0 Å². The summed E-state index contributed by atoms with van der Waals surface area (Å²) in [5.74, 6) is 0. The second kappa shape index (κ2) is 14.3. The molecule has 12 rings (SSSR count). The second-order valence-corrected chi connectivity index (χ2v) is 15.7. The van der Waals surface area contributed by atoms with E-state index < -0.39 is 0 Å². The van der Waals surface area contributed by atoms with Crippen molar-refractivity contribution in [3.63, 3.8) is 0 Å². The van der Waals surface area contributed by atoms with Crippen LogP contribution in [0.4, 0.5) is 17.1 Å². The van der Waals surface area contributed by atoms with Crippen LogP contribution in [0.5, 0.6) is 0 Å². The number of para-hydroxylation sites is 3. The summed E-state index contributed by atoms with van der Waals surface area (Å²) in [6.45, 7) is 0. The summed E-state index contributed by atoms with van der Waals surface area (Å²) in [6, 6.07) is 83.0. The molecule has 10 aromatic carbocycles. The fraction of sp³-hybridized carbons (Fsp3) is 0. The number of hydrogen-bond donors (Lipinski definition) is 0. The molecule has 2 heterocycles. The summed E-state index contributed by atoms with van der Waals surface area (Å²) in [5.41, 5.74) is 15.7. The SMILES string of the molecule is c1ccc(-c2ccc(-c3ccc(N(c4ccc(-c5ccc6oc7ccccc7c6c5)cc4)c4ccc(-n5c6ccccc6c6ccccc65)c5ccccc45)cc3)cc2)cc1. The van der Waals surface area contributed by atoms with E-state index in [4.69, 9.17) is 4.42 Å². The first-order valence-electron chi connectivity index (χ1n) is 20.8. The van der Waals surface area contributed by atoms with E-state index in [0.717, 1.165) is 55.8 Å². The Morgan fingerprint density at radius 2 is 0.738 bits per heavy atom. The smallest absolute Gasteiger partial charge is 0.135 e. The van der Waals surface area contributed by atoms with E-state index in [1.807, 2.05) is 12.1 Å². The van der Waals surface area contributed by atoms with Gasteiger partial charge in [-0.1, -0.05) is 164 Å². The molecule has 0 aliphatic rings. The van der Waals surface area contributed by atoms with Crippen LogP contribution in [-0.4, -0.2) is 4.57 Å². The van der Waals surface area contributed by atoms with Gasteiger partial charge in [0.2, 0.25) is 0 Å². The Balaban J connectivity index is 0.989. The monoisotopic (exact) mass is 778 g/mol. The number of anilines is 3. The number of fused-ring (bicyclic) bond motifs is 7. The molecule has 3 nitrogen and oxygen atoms in total. The topological polar surface area (TPSA) is 21.3 Å². The van der Waals surface area contributed by atoms with Crippen LogP contribution in [0.3, 0.4) is 0 Å². The van der Waals surface area contributed by atoms with Crippen LogP contribution in [0.1, 0.15) is 0 Å². The first-order chi connectivity index (χ1) is 30.2. The van der Waals surface area contributed by atoms with Gasteiger partial charge in [-0.3, -0.25) is 0 Å². The lowest BCUT2D eigenvalue weighted by molar-refractivity contribution is 0.669. The molecule has 0 atom stereocenters. The zero-order valence-corrected chi connectivity index (χ0v) is 33.2. The standard InChI is InChI=1S/C58H38N2O/c1-2-12-39(13-3-1)40-22-24-41(25-23-40)42-26-31-45(32-27-42)59(46-33-28-43(29-34-46)44-30-37-58-52(38-44)51-18-8-11-21-57(51)61-58)55-35-36-56(50-15-5-4-14-49(50)55)60-53-19-9-6-16-47(53)48-17-7-10-20-54(48)60/h1-38H. The molecule has 12 aromatic rings. The molecule has 3 heteroatoms. The number of nitrogens with zero attached hydrogens (tertiary/aromatic N) is 2. The van der Waals surface area contributed by atoms with Crippen molar-refractivity contribution in [1.29, 1.82) is 0 Å². The predicted octanol–water partition coefficient (Wildman–Crippen LogP) is 16.3. The minimum absolute atomic E-state index is 0.902. The summed E-state index contributed by atoms with van der Waals surface area (Å²) in [4.78, 5) is 2.40. The minimum Gasteiger partial charge on any atom is -0.456 e. The highest BCUT2D eigenvalue weighted by Gasteiger charge is 2.20. The Bertz CT molecular complexity index is 3510. The van der Waals surface area contributed by atoms with Crippen molar-refractivity contribution in [3.8, 4) is 39.1 Å². The van der Waals surface area contributed by atoms with Crippen molar-refractivity contribution in [2.24, 2.45) is 0 Å². The van der Waals surface area contributed by atoms with Crippen LogP contribution < -0.4 is 4.90 Å². The maximum atomic E-state index is 6.15. The second-order valence-electron chi connectivity index (χ2n) is 15.7. The summed E-state index contributed by atoms with van der Waals surface area (Å²) in [5, 5.41) is 7.12. The largest absolute Gasteiger partial charge is 0.456 e. The Morgan fingerprint density at radius 1 is 0.295 bits per heavy atom. The van der Waals surface area contributed by atoms with Gasteiger partial charge in [-0.2, -0.15) is 0 Å². The van der Waals surface area contributed by atoms with Gasteiger partial charge in [0.05, 0.1) is 22.4 Å². The van der Waals surface area contributed by atoms with Gasteiger partial charge < -0.3 is 13.9 Å². The Hall–Kier alpha value is -8.14.